The molecule has 0 spiro atoms. The summed E-state index contributed by atoms with van der Waals surface area (Å²) in [6.07, 6.45) is 0.320. The minimum atomic E-state index is -0.521. The summed E-state index contributed by atoms with van der Waals surface area (Å²) in [5.74, 6) is 0.172. The Balaban J connectivity index is 1.32. The molecule has 10 heteroatoms. The third kappa shape index (κ3) is 5.39. The van der Waals surface area contributed by atoms with Gasteiger partial charge in [0.15, 0.2) is 11.5 Å². The maximum atomic E-state index is 15.2. The number of methoxy groups -OCH3 is 1. The van der Waals surface area contributed by atoms with Crippen LogP contribution >= 0.6 is 11.5 Å². The van der Waals surface area contributed by atoms with Crippen LogP contribution in [-0.2, 0) is 24.3 Å². The van der Waals surface area contributed by atoms with E-state index in [1.807, 2.05) is 19.1 Å². The van der Waals surface area contributed by atoms with Crippen LogP contribution in [0.15, 0.2) is 54.6 Å². The highest BCUT2D eigenvalue weighted by Crippen LogP contribution is 2.27. The predicted octanol–water partition coefficient (Wildman–Crippen LogP) is 6.51. The summed E-state index contributed by atoms with van der Waals surface area (Å²) in [6.45, 7) is 10.1. The highest BCUT2D eigenvalue weighted by Gasteiger charge is 2.16. The summed E-state index contributed by atoms with van der Waals surface area (Å²) in [7, 11) is 1.65. The van der Waals surface area contributed by atoms with Gasteiger partial charge < -0.3 is 14.0 Å². The van der Waals surface area contributed by atoms with Gasteiger partial charge in [-0.1, -0.05) is 30.3 Å². The molecule has 0 saturated carbocycles. The minimum Gasteiger partial charge on any atom is -0.464 e. The molecular weight excluding hydrogens is 508 g/mol. The summed E-state index contributed by atoms with van der Waals surface area (Å²) < 4.78 is 46.5. The Morgan fingerprint density at radius 3 is 2.58 bits per heavy atom. The number of aromatic nitrogens is 4. The second kappa shape index (κ2) is 11.0. The van der Waals surface area contributed by atoms with E-state index >= 15 is 4.39 Å². The van der Waals surface area contributed by atoms with Crippen LogP contribution < -0.4 is 4.74 Å². The first kappa shape index (κ1) is 25.4. The van der Waals surface area contributed by atoms with Gasteiger partial charge in [-0.05, 0) is 42.3 Å². The predicted molar refractivity (Wildman–Crippen MR) is 141 cm³/mol. The van der Waals surface area contributed by atoms with Gasteiger partial charge in [0.1, 0.15) is 24.1 Å². The van der Waals surface area contributed by atoms with Crippen molar-refractivity contribution in [2.24, 2.45) is 0 Å². The minimum absolute atomic E-state index is 0.0599. The number of nitrogens with zero attached hydrogens (tertiary/aromatic N) is 5. The summed E-state index contributed by atoms with van der Waals surface area (Å²) in [5.41, 5.74) is 4.52. The summed E-state index contributed by atoms with van der Waals surface area (Å²) in [4.78, 5) is 12.3. The number of imidazole rings is 1. The molecule has 2 aromatic heterocycles. The lowest BCUT2D eigenvalue weighted by Gasteiger charge is -2.10. The molecule has 5 aromatic rings. The van der Waals surface area contributed by atoms with E-state index < -0.39 is 5.82 Å². The lowest BCUT2D eigenvalue weighted by molar-refractivity contribution is 0.187. The zero-order valence-corrected chi connectivity index (χ0v) is 21.6. The average molecular weight is 532 g/mol. The van der Waals surface area contributed by atoms with E-state index in [0.717, 1.165) is 40.0 Å². The lowest BCUT2D eigenvalue weighted by atomic mass is 10.1. The van der Waals surface area contributed by atoms with Crippen LogP contribution in [0.25, 0.3) is 27.3 Å². The first-order chi connectivity index (χ1) is 18.4. The topological polar surface area (TPSA) is 66.4 Å². The van der Waals surface area contributed by atoms with Gasteiger partial charge in [-0.25, -0.2) is 18.6 Å². The molecule has 0 atom stereocenters. The normalized spacial score (nSPS) is 11.1. The number of benzene rings is 3. The Morgan fingerprint density at radius 2 is 1.82 bits per heavy atom. The summed E-state index contributed by atoms with van der Waals surface area (Å²) in [6, 6.07) is 15.1. The molecule has 0 unspecified atom stereocenters. The fourth-order valence-corrected chi connectivity index (χ4v) is 4.65. The third-order valence-corrected chi connectivity index (χ3v) is 6.72. The molecule has 0 bridgehead atoms. The summed E-state index contributed by atoms with van der Waals surface area (Å²) >= 11 is 1.00. The summed E-state index contributed by atoms with van der Waals surface area (Å²) in [5, 5.41) is 0.236. The average Bonchev–Trinajstić information content (AvgIpc) is 3.52. The van der Waals surface area contributed by atoms with Crippen LogP contribution in [0.4, 0.5) is 14.5 Å². The Kier molecular flexibility index (Phi) is 7.40. The van der Waals surface area contributed by atoms with Crippen molar-refractivity contribution in [1.82, 2.24) is 18.9 Å². The van der Waals surface area contributed by atoms with E-state index in [1.165, 1.54) is 18.2 Å². The quantitative estimate of drug-likeness (QED) is 0.203. The van der Waals surface area contributed by atoms with E-state index in [2.05, 4.69) is 24.8 Å². The lowest BCUT2D eigenvalue weighted by Crippen LogP contribution is -2.09. The smallest absolute Gasteiger partial charge is 0.293 e. The molecule has 38 heavy (non-hydrogen) atoms. The molecule has 0 radical (unpaired) electrons. The third-order valence-electron chi connectivity index (χ3n) is 6.09. The van der Waals surface area contributed by atoms with Crippen molar-refractivity contribution in [2.75, 3.05) is 13.7 Å². The largest absolute Gasteiger partial charge is 0.464 e. The molecular formula is C28H23F2N5O2S. The maximum absolute atomic E-state index is 15.2. The number of fused-ring (bicyclic) bond motifs is 1. The van der Waals surface area contributed by atoms with E-state index in [9.17, 15) is 4.39 Å². The Hall–Kier alpha value is -4.20. The number of hydrogen-bond donors (Lipinski definition) is 0. The molecule has 0 aliphatic rings. The highest BCUT2D eigenvalue weighted by atomic mass is 32.1. The van der Waals surface area contributed by atoms with E-state index in [0.29, 0.717) is 42.1 Å². The molecule has 0 fully saturated rings. The number of ether oxygens (including phenoxy) is 2. The van der Waals surface area contributed by atoms with E-state index in [-0.39, 0.29) is 23.3 Å². The zero-order chi connectivity index (χ0) is 26.6. The number of halogens is 2. The van der Waals surface area contributed by atoms with Crippen molar-refractivity contribution in [3.63, 3.8) is 0 Å². The standard InChI is InChI=1S/C28H23F2N5O2S/c1-17-4-9-24-25(12-17)35(10-11-36-3)26(32-24)14-18-5-6-19(13-22(18)29)27-33-28(38-34-27)37-16-20-7-8-21(31-2)15-23(20)30/h4-9,12-13,15H,10-11,14,16H2,1,3H3. The molecule has 0 aliphatic carbocycles. The molecule has 7 nitrogen and oxygen atoms in total. The molecule has 2 heterocycles. The van der Waals surface area contributed by atoms with Gasteiger partial charge in [0.25, 0.3) is 5.19 Å². The van der Waals surface area contributed by atoms with Crippen LogP contribution in [0.2, 0.25) is 0 Å². The van der Waals surface area contributed by atoms with Crippen molar-refractivity contribution in [3.05, 3.63) is 100 Å². The highest BCUT2D eigenvalue weighted by molar-refractivity contribution is 7.07. The second-order valence-corrected chi connectivity index (χ2v) is 9.42. The van der Waals surface area contributed by atoms with Crippen molar-refractivity contribution >= 4 is 28.3 Å². The number of hydrogen-bond acceptors (Lipinski definition) is 6. The monoisotopic (exact) mass is 531 g/mol. The second-order valence-electron chi connectivity index (χ2n) is 8.71. The molecule has 0 saturated heterocycles. The number of aryl methyl sites for hydroxylation is 1. The van der Waals surface area contributed by atoms with Gasteiger partial charge >= 0.3 is 0 Å². The van der Waals surface area contributed by atoms with Gasteiger partial charge in [-0.3, -0.25) is 0 Å². The molecule has 0 amide bonds. The van der Waals surface area contributed by atoms with Crippen molar-refractivity contribution in [2.45, 2.75) is 26.5 Å². The van der Waals surface area contributed by atoms with Crippen molar-refractivity contribution in [1.29, 1.82) is 0 Å². The molecule has 3 aromatic carbocycles. The van der Waals surface area contributed by atoms with Gasteiger partial charge in [-0.2, -0.15) is 9.36 Å². The van der Waals surface area contributed by atoms with Crippen LogP contribution in [0, 0.1) is 25.1 Å². The first-order valence-electron chi connectivity index (χ1n) is 11.8. The van der Waals surface area contributed by atoms with Crippen LogP contribution in [0.1, 0.15) is 22.5 Å². The van der Waals surface area contributed by atoms with Gasteiger partial charge in [-0.15, -0.1) is 0 Å². The molecule has 5 rings (SSSR count). The fraction of sp³-hybridized carbons (Fsp3) is 0.214. The first-order valence-corrected chi connectivity index (χ1v) is 12.6. The van der Waals surface area contributed by atoms with Crippen LogP contribution in [0.5, 0.6) is 5.19 Å². The SMILES string of the molecule is [C-]#[N+]c1ccc(COc2nc(-c3ccc(Cc4nc5ccc(C)cc5n4CCOC)c(F)c3)ns2)c(F)c1. The van der Waals surface area contributed by atoms with Crippen LogP contribution in [0.3, 0.4) is 0 Å². The van der Waals surface area contributed by atoms with E-state index in [4.69, 9.17) is 21.0 Å². The fourth-order valence-electron chi connectivity index (χ4n) is 4.10. The van der Waals surface area contributed by atoms with Crippen molar-refractivity contribution < 1.29 is 18.3 Å². The van der Waals surface area contributed by atoms with Crippen LogP contribution in [-0.4, -0.2) is 32.6 Å². The van der Waals surface area contributed by atoms with Gasteiger partial charge in [0.05, 0.1) is 24.2 Å². The molecule has 0 N–H and O–H groups in total. The Bertz CT molecular complexity index is 1660. The Morgan fingerprint density at radius 1 is 1.00 bits per heavy atom. The molecule has 0 aliphatic heterocycles. The van der Waals surface area contributed by atoms with Gasteiger partial charge in [0, 0.05) is 42.7 Å². The van der Waals surface area contributed by atoms with Gasteiger partial charge in [0.2, 0.25) is 0 Å². The maximum Gasteiger partial charge on any atom is 0.293 e. The number of rotatable bonds is 9. The zero-order valence-electron chi connectivity index (χ0n) is 20.7. The molecule has 192 valence electrons. The van der Waals surface area contributed by atoms with E-state index in [1.54, 1.807) is 19.2 Å². The van der Waals surface area contributed by atoms with Crippen molar-refractivity contribution in [3.8, 4) is 16.6 Å². The Labute approximate surface area is 222 Å².